The molecule has 5 heteroatoms. The van der Waals surface area contributed by atoms with Crippen LogP contribution in [0.1, 0.15) is 72.6 Å². The highest BCUT2D eigenvalue weighted by Gasteiger charge is 2.34. The second kappa shape index (κ2) is 9.25. The molecule has 0 amide bonds. The van der Waals surface area contributed by atoms with Gasteiger partial charge in [0.1, 0.15) is 17.1 Å². The first-order chi connectivity index (χ1) is 12.8. The second-order valence-electron chi connectivity index (χ2n) is 7.96. The molecule has 0 heterocycles. The van der Waals surface area contributed by atoms with Crippen molar-refractivity contribution in [1.82, 2.24) is 0 Å². The molecule has 1 aromatic carbocycles. The van der Waals surface area contributed by atoms with Gasteiger partial charge in [0, 0.05) is 0 Å². The van der Waals surface area contributed by atoms with Gasteiger partial charge in [-0.25, -0.2) is 4.79 Å². The minimum absolute atomic E-state index is 0.121. The topological polar surface area (TPSA) is 61.8 Å². The van der Waals surface area contributed by atoms with Gasteiger partial charge in [0.25, 0.3) is 0 Å². The van der Waals surface area contributed by atoms with Crippen molar-refractivity contribution in [3.63, 3.8) is 0 Å². The van der Waals surface area contributed by atoms with Crippen LogP contribution in [-0.4, -0.2) is 24.1 Å². The number of carbonyl (C=O) groups is 2. The van der Waals surface area contributed by atoms with E-state index in [1.807, 2.05) is 20.8 Å². The van der Waals surface area contributed by atoms with Gasteiger partial charge >= 0.3 is 11.9 Å². The van der Waals surface area contributed by atoms with Gasteiger partial charge in [-0.05, 0) is 76.6 Å². The average Bonchev–Trinajstić information content (AvgIpc) is 2.68. The maximum atomic E-state index is 12.2. The summed E-state index contributed by atoms with van der Waals surface area (Å²) in [4.78, 5) is 24.3. The Morgan fingerprint density at radius 1 is 1.00 bits per heavy atom. The highest BCUT2D eigenvalue weighted by molar-refractivity contribution is 5.78. The molecule has 1 fully saturated rings. The largest absolute Gasteiger partial charge is 0.482 e. The number of esters is 2. The van der Waals surface area contributed by atoms with Crippen LogP contribution in [0.5, 0.6) is 11.5 Å². The summed E-state index contributed by atoms with van der Waals surface area (Å²) in [6.45, 7) is 7.61. The van der Waals surface area contributed by atoms with Gasteiger partial charge < -0.3 is 14.2 Å². The molecule has 1 aliphatic rings. The molecule has 0 spiro atoms. The van der Waals surface area contributed by atoms with Crippen LogP contribution in [0, 0.1) is 5.41 Å². The molecule has 0 radical (unpaired) electrons. The lowest BCUT2D eigenvalue weighted by molar-refractivity contribution is -0.166. The molecule has 1 saturated carbocycles. The fraction of sp³-hybridized carbons (Fsp3) is 0.636. The van der Waals surface area contributed by atoms with Crippen molar-refractivity contribution in [3.8, 4) is 11.5 Å². The molecule has 1 aromatic rings. The van der Waals surface area contributed by atoms with Gasteiger partial charge in [0.2, 0.25) is 0 Å². The first-order valence-corrected chi connectivity index (χ1v) is 9.97. The van der Waals surface area contributed by atoms with E-state index in [1.165, 1.54) is 6.42 Å². The lowest BCUT2D eigenvalue weighted by atomic mass is 9.83. The third-order valence-corrected chi connectivity index (χ3v) is 5.57. The van der Waals surface area contributed by atoms with Crippen molar-refractivity contribution in [3.05, 3.63) is 24.3 Å². The minimum atomic E-state index is -0.521. The highest BCUT2D eigenvalue weighted by atomic mass is 16.6. The number of benzene rings is 1. The van der Waals surface area contributed by atoms with E-state index in [0.717, 1.165) is 32.1 Å². The Kier molecular flexibility index (Phi) is 7.28. The molecule has 0 saturated heterocycles. The predicted octanol–water partition coefficient (Wildman–Crippen LogP) is 5.06. The third kappa shape index (κ3) is 5.98. The van der Waals surface area contributed by atoms with Crippen LogP contribution >= 0.6 is 0 Å². The number of hydrogen-bond acceptors (Lipinski definition) is 5. The van der Waals surface area contributed by atoms with E-state index >= 15 is 0 Å². The molecule has 1 aliphatic carbocycles. The number of hydrogen-bond donors (Lipinski definition) is 0. The zero-order valence-corrected chi connectivity index (χ0v) is 17.0. The summed E-state index contributed by atoms with van der Waals surface area (Å²) >= 11 is 0. The van der Waals surface area contributed by atoms with Crippen molar-refractivity contribution in [2.45, 2.75) is 78.2 Å². The zero-order chi connectivity index (χ0) is 19.9. The Bertz CT molecular complexity index is 627. The predicted molar refractivity (Wildman–Crippen MR) is 104 cm³/mol. The Hall–Kier alpha value is -2.04. The molecule has 5 nitrogen and oxygen atoms in total. The normalized spacial score (nSPS) is 16.4. The summed E-state index contributed by atoms with van der Waals surface area (Å²) in [7, 11) is 0. The summed E-state index contributed by atoms with van der Waals surface area (Å²) in [6, 6.07) is 6.70. The van der Waals surface area contributed by atoms with Gasteiger partial charge in [-0.2, -0.15) is 0 Å². The van der Waals surface area contributed by atoms with Gasteiger partial charge in [-0.1, -0.05) is 20.3 Å². The lowest BCUT2D eigenvalue weighted by Gasteiger charge is -2.35. The van der Waals surface area contributed by atoms with Crippen molar-refractivity contribution in [2.24, 2.45) is 5.41 Å². The fourth-order valence-corrected chi connectivity index (χ4v) is 3.13. The molecule has 150 valence electrons. The zero-order valence-electron chi connectivity index (χ0n) is 17.0. The van der Waals surface area contributed by atoms with Crippen LogP contribution in [0.25, 0.3) is 0 Å². The fourth-order valence-electron chi connectivity index (χ4n) is 3.13. The minimum Gasteiger partial charge on any atom is -0.482 e. The Morgan fingerprint density at radius 3 is 2.15 bits per heavy atom. The number of ether oxygens (including phenoxy) is 3. The Balaban J connectivity index is 1.84. The van der Waals surface area contributed by atoms with Crippen LogP contribution in [0.3, 0.4) is 0 Å². The van der Waals surface area contributed by atoms with Crippen LogP contribution in [0.15, 0.2) is 24.3 Å². The molecular weight excluding hydrogens is 344 g/mol. The van der Waals surface area contributed by atoms with E-state index in [4.69, 9.17) is 14.2 Å². The standard InChI is InChI=1S/C22H32O5/c1-5-21(3,4)20(24)26-18-12-10-17(11-13-18)25-16-19(23)27-22(6-2)14-8-7-9-15-22/h10-13H,5-9,14-16H2,1-4H3. The lowest BCUT2D eigenvalue weighted by Crippen LogP contribution is -2.38. The van der Waals surface area contributed by atoms with E-state index in [-0.39, 0.29) is 24.1 Å². The Labute approximate surface area is 162 Å². The molecule has 0 atom stereocenters. The first kappa shape index (κ1) is 21.3. The molecule has 27 heavy (non-hydrogen) atoms. The smallest absolute Gasteiger partial charge is 0.344 e. The third-order valence-electron chi connectivity index (χ3n) is 5.57. The first-order valence-electron chi connectivity index (χ1n) is 9.97. The maximum absolute atomic E-state index is 12.2. The molecular formula is C22H32O5. The maximum Gasteiger partial charge on any atom is 0.344 e. The van der Waals surface area contributed by atoms with Crippen molar-refractivity contribution >= 4 is 11.9 Å². The molecule has 2 rings (SSSR count). The van der Waals surface area contributed by atoms with E-state index < -0.39 is 5.41 Å². The van der Waals surface area contributed by atoms with E-state index in [1.54, 1.807) is 24.3 Å². The van der Waals surface area contributed by atoms with Crippen molar-refractivity contribution in [1.29, 1.82) is 0 Å². The summed E-state index contributed by atoms with van der Waals surface area (Å²) in [5.41, 5.74) is -0.837. The van der Waals surface area contributed by atoms with Gasteiger partial charge in [0.05, 0.1) is 5.41 Å². The Morgan fingerprint density at radius 2 is 1.59 bits per heavy atom. The van der Waals surface area contributed by atoms with Crippen LogP contribution in [-0.2, 0) is 14.3 Å². The van der Waals surface area contributed by atoms with E-state index in [0.29, 0.717) is 17.9 Å². The monoisotopic (exact) mass is 376 g/mol. The summed E-state index contributed by atoms with van der Waals surface area (Å²) < 4.78 is 16.7. The van der Waals surface area contributed by atoms with Crippen LogP contribution in [0.4, 0.5) is 0 Å². The quantitative estimate of drug-likeness (QED) is 0.468. The van der Waals surface area contributed by atoms with Crippen molar-refractivity contribution in [2.75, 3.05) is 6.61 Å². The van der Waals surface area contributed by atoms with Gasteiger partial charge in [-0.3, -0.25) is 4.79 Å². The molecule has 0 bridgehead atoms. The van der Waals surface area contributed by atoms with Gasteiger partial charge in [-0.15, -0.1) is 0 Å². The summed E-state index contributed by atoms with van der Waals surface area (Å²) in [5.74, 6) is 0.401. The number of carbonyl (C=O) groups excluding carboxylic acids is 2. The highest BCUT2D eigenvalue weighted by Crippen LogP contribution is 2.34. The second-order valence-corrected chi connectivity index (χ2v) is 7.96. The van der Waals surface area contributed by atoms with E-state index in [2.05, 4.69) is 6.92 Å². The molecule has 0 aliphatic heterocycles. The van der Waals surface area contributed by atoms with Gasteiger partial charge in [0.15, 0.2) is 6.61 Å². The SMILES string of the molecule is CCC1(OC(=O)COc2ccc(OC(=O)C(C)(C)CC)cc2)CCCCC1. The number of rotatable bonds is 8. The molecule has 0 unspecified atom stereocenters. The van der Waals surface area contributed by atoms with Crippen LogP contribution in [0.2, 0.25) is 0 Å². The van der Waals surface area contributed by atoms with E-state index in [9.17, 15) is 9.59 Å². The summed E-state index contributed by atoms with van der Waals surface area (Å²) in [6.07, 6.45) is 6.84. The average molecular weight is 376 g/mol. The molecule has 0 N–H and O–H groups in total. The molecule has 0 aromatic heterocycles. The van der Waals surface area contributed by atoms with Crippen LogP contribution < -0.4 is 9.47 Å². The summed E-state index contributed by atoms with van der Waals surface area (Å²) in [5, 5.41) is 0. The van der Waals surface area contributed by atoms with Crippen molar-refractivity contribution < 1.29 is 23.8 Å².